The van der Waals surface area contributed by atoms with Crippen LogP contribution in [0.5, 0.6) is 5.75 Å². The van der Waals surface area contributed by atoms with E-state index in [9.17, 15) is 19.2 Å². The molecule has 0 bridgehead atoms. The van der Waals surface area contributed by atoms with Crippen molar-refractivity contribution in [3.8, 4) is 5.75 Å². The Labute approximate surface area is 179 Å². The smallest absolute Gasteiger partial charge is 0.325 e. The molecule has 0 aliphatic carbocycles. The topological polar surface area (TPSA) is 96.0 Å². The second-order valence-electron chi connectivity index (χ2n) is 7.71. The van der Waals surface area contributed by atoms with E-state index in [4.69, 9.17) is 4.74 Å². The summed E-state index contributed by atoms with van der Waals surface area (Å²) < 4.78 is 5.16. The number of urea groups is 1. The van der Waals surface area contributed by atoms with Crippen molar-refractivity contribution in [1.29, 1.82) is 0 Å². The molecule has 31 heavy (non-hydrogen) atoms. The molecule has 0 saturated carbocycles. The molecule has 2 heterocycles. The number of Topliss-reactive ketones (excluding diaryl/α,β-unsaturated/α-hetero) is 1. The van der Waals surface area contributed by atoms with Crippen molar-refractivity contribution in [3.05, 3.63) is 59.2 Å². The van der Waals surface area contributed by atoms with Crippen molar-refractivity contribution in [3.63, 3.8) is 0 Å². The van der Waals surface area contributed by atoms with Crippen molar-refractivity contribution in [2.45, 2.75) is 25.3 Å². The average molecular weight is 421 g/mol. The van der Waals surface area contributed by atoms with Crippen LogP contribution >= 0.6 is 0 Å². The minimum Gasteiger partial charge on any atom is -0.497 e. The molecule has 4 amide bonds. The summed E-state index contributed by atoms with van der Waals surface area (Å²) in [5.74, 6) is -0.231. The molecular weight excluding hydrogens is 398 g/mol. The number of fused-ring (bicyclic) bond motifs is 1. The number of carbonyl (C=O) groups excluding carboxylic acids is 4. The van der Waals surface area contributed by atoms with Crippen LogP contribution in [0.25, 0.3) is 0 Å². The number of imide groups is 1. The van der Waals surface area contributed by atoms with E-state index < -0.39 is 17.5 Å². The minimum absolute atomic E-state index is 0.0408. The Kier molecular flexibility index (Phi) is 5.00. The number of likely N-dealkylation sites (N-methyl/N-ethyl adjacent to an activating group) is 1. The first-order valence-electron chi connectivity index (χ1n) is 10.0. The molecular formula is C23H23N3O5. The summed E-state index contributed by atoms with van der Waals surface area (Å²) in [6.07, 6.45) is 0.564. The number of ketones is 1. The normalized spacial score (nSPS) is 20.2. The van der Waals surface area contributed by atoms with E-state index in [0.717, 1.165) is 16.2 Å². The average Bonchev–Trinajstić information content (AvgIpc) is 3.20. The van der Waals surface area contributed by atoms with Crippen molar-refractivity contribution < 1.29 is 23.9 Å². The van der Waals surface area contributed by atoms with Crippen LogP contribution in [-0.2, 0) is 21.5 Å². The van der Waals surface area contributed by atoms with Gasteiger partial charge in [-0.05, 0) is 47.9 Å². The fourth-order valence-electron chi connectivity index (χ4n) is 4.16. The minimum atomic E-state index is -1.23. The number of amides is 4. The fourth-order valence-corrected chi connectivity index (χ4v) is 4.16. The Hall–Kier alpha value is -3.68. The van der Waals surface area contributed by atoms with Crippen LogP contribution in [0.4, 0.5) is 10.5 Å². The van der Waals surface area contributed by atoms with Crippen LogP contribution in [-0.4, -0.2) is 49.2 Å². The third-order valence-electron chi connectivity index (χ3n) is 6.07. The van der Waals surface area contributed by atoms with Gasteiger partial charge in [0, 0.05) is 18.3 Å². The zero-order valence-corrected chi connectivity index (χ0v) is 17.6. The molecule has 0 radical (unpaired) electrons. The van der Waals surface area contributed by atoms with Gasteiger partial charge in [-0.15, -0.1) is 0 Å². The molecule has 160 valence electrons. The highest BCUT2D eigenvalue weighted by Gasteiger charge is 2.51. The summed E-state index contributed by atoms with van der Waals surface area (Å²) in [6.45, 7) is 1.44. The Morgan fingerprint density at radius 2 is 1.84 bits per heavy atom. The second-order valence-corrected chi connectivity index (χ2v) is 7.71. The molecule has 2 aromatic rings. The van der Waals surface area contributed by atoms with Gasteiger partial charge in [-0.3, -0.25) is 19.3 Å². The van der Waals surface area contributed by atoms with Crippen LogP contribution < -0.4 is 15.0 Å². The molecule has 2 aliphatic heterocycles. The number of benzene rings is 2. The highest BCUT2D eigenvalue weighted by atomic mass is 16.5. The van der Waals surface area contributed by atoms with E-state index in [1.807, 2.05) is 6.92 Å². The zero-order chi connectivity index (χ0) is 22.3. The molecule has 0 unspecified atom stereocenters. The Morgan fingerprint density at radius 1 is 1.13 bits per heavy atom. The Morgan fingerprint density at radius 3 is 2.48 bits per heavy atom. The van der Waals surface area contributed by atoms with E-state index in [2.05, 4.69) is 5.32 Å². The monoisotopic (exact) mass is 421 g/mol. The molecule has 2 aromatic carbocycles. The maximum Gasteiger partial charge on any atom is 0.325 e. The lowest BCUT2D eigenvalue weighted by molar-refractivity contribution is -0.131. The quantitative estimate of drug-likeness (QED) is 0.570. The van der Waals surface area contributed by atoms with Crippen molar-refractivity contribution in [2.24, 2.45) is 0 Å². The van der Waals surface area contributed by atoms with E-state index in [1.165, 1.54) is 0 Å². The molecule has 8 nitrogen and oxygen atoms in total. The van der Waals surface area contributed by atoms with Crippen LogP contribution in [0.3, 0.4) is 0 Å². The number of hydrogen-bond acceptors (Lipinski definition) is 5. The van der Waals surface area contributed by atoms with Gasteiger partial charge in [-0.25, -0.2) is 4.79 Å². The number of hydrogen-bond donors (Lipinski definition) is 1. The fraction of sp³-hybridized carbons (Fsp3) is 0.304. The lowest BCUT2D eigenvalue weighted by Gasteiger charge is -2.26. The van der Waals surface area contributed by atoms with E-state index in [-0.39, 0.29) is 24.7 Å². The molecule has 1 saturated heterocycles. The highest BCUT2D eigenvalue weighted by Crippen LogP contribution is 2.34. The molecule has 1 N–H and O–H groups in total. The highest BCUT2D eigenvalue weighted by molar-refractivity contribution is 6.12. The lowest BCUT2D eigenvalue weighted by atomic mass is 9.87. The number of carbonyl (C=O) groups is 4. The van der Waals surface area contributed by atoms with Gasteiger partial charge < -0.3 is 15.0 Å². The van der Waals surface area contributed by atoms with Gasteiger partial charge in [0.2, 0.25) is 5.91 Å². The Bertz CT molecular complexity index is 1090. The first-order valence-corrected chi connectivity index (χ1v) is 10.0. The maximum atomic E-state index is 13.3. The van der Waals surface area contributed by atoms with Crippen molar-refractivity contribution >= 4 is 29.3 Å². The predicted molar refractivity (Wildman–Crippen MR) is 113 cm³/mol. The summed E-state index contributed by atoms with van der Waals surface area (Å²) in [4.78, 5) is 53.2. The van der Waals surface area contributed by atoms with Gasteiger partial charge in [0.25, 0.3) is 5.91 Å². The van der Waals surface area contributed by atoms with Crippen LogP contribution in [0.1, 0.15) is 34.8 Å². The summed E-state index contributed by atoms with van der Waals surface area (Å²) in [7, 11) is 3.24. The van der Waals surface area contributed by atoms with Gasteiger partial charge in [0.05, 0.1) is 20.1 Å². The first kappa shape index (κ1) is 20.6. The third kappa shape index (κ3) is 3.24. The summed E-state index contributed by atoms with van der Waals surface area (Å²) >= 11 is 0. The molecule has 4 rings (SSSR count). The standard InChI is InChI=1S/C23H23N3O5/c1-4-23(16-6-8-17(31-3)9-7-16)21(29)26(22(30)24-23)13-19(27)14-5-10-18-15(11-14)12-20(28)25(18)2/h5-11H,4,12-13H2,1-3H3,(H,24,30)/t23-/m1/s1. The first-order chi connectivity index (χ1) is 14.8. The number of rotatable bonds is 6. The molecule has 8 heteroatoms. The largest absolute Gasteiger partial charge is 0.497 e. The lowest BCUT2D eigenvalue weighted by Crippen LogP contribution is -2.43. The van der Waals surface area contributed by atoms with Crippen LogP contribution in [0.2, 0.25) is 0 Å². The number of nitrogens with zero attached hydrogens (tertiary/aromatic N) is 2. The molecule has 1 atom stereocenters. The van der Waals surface area contributed by atoms with Gasteiger partial charge in [0.15, 0.2) is 5.78 Å². The van der Waals surface area contributed by atoms with Crippen LogP contribution in [0, 0.1) is 0 Å². The van der Waals surface area contributed by atoms with Gasteiger partial charge >= 0.3 is 6.03 Å². The third-order valence-corrected chi connectivity index (χ3v) is 6.07. The van der Waals surface area contributed by atoms with Crippen molar-refractivity contribution in [2.75, 3.05) is 25.6 Å². The SMILES string of the molecule is CC[C@]1(c2ccc(OC)cc2)NC(=O)N(CC(=O)c2ccc3c(c2)CC(=O)N3C)C1=O. The second kappa shape index (κ2) is 7.54. The number of ether oxygens (including phenoxy) is 1. The van der Waals surface area contributed by atoms with Gasteiger partial charge in [0.1, 0.15) is 11.3 Å². The number of methoxy groups -OCH3 is 1. The van der Waals surface area contributed by atoms with Crippen LogP contribution in [0.15, 0.2) is 42.5 Å². The zero-order valence-electron chi connectivity index (χ0n) is 17.6. The van der Waals surface area contributed by atoms with Crippen molar-refractivity contribution in [1.82, 2.24) is 10.2 Å². The van der Waals surface area contributed by atoms with E-state index in [1.54, 1.807) is 61.5 Å². The maximum absolute atomic E-state index is 13.3. The Balaban J connectivity index is 1.57. The molecule has 0 spiro atoms. The summed E-state index contributed by atoms with van der Waals surface area (Å²) in [5.41, 5.74) is 1.29. The van der Waals surface area contributed by atoms with Gasteiger partial charge in [-0.1, -0.05) is 19.1 Å². The summed E-state index contributed by atoms with van der Waals surface area (Å²) in [5, 5.41) is 2.77. The van der Waals surface area contributed by atoms with E-state index >= 15 is 0 Å². The van der Waals surface area contributed by atoms with E-state index in [0.29, 0.717) is 23.3 Å². The molecule has 2 aliphatic rings. The van der Waals surface area contributed by atoms with Gasteiger partial charge in [-0.2, -0.15) is 0 Å². The number of nitrogens with one attached hydrogen (secondary N) is 1. The number of anilines is 1. The predicted octanol–water partition coefficient (Wildman–Crippen LogP) is 2.25. The molecule has 1 fully saturated rings. The summed E-state index contributed by atoms with van der Waals surface area (Å²) in [6, 6.07) is 11.3. The molecule has 0 aromatic heterocycles.